The van der Waals surface area contributed by atoms with Crippen LogP contribution in [0.1, 0.15) is 28.8 Å². The molecule has 0 fully saturated rings. The maximum Gasteiger partial charge on any atom is 0.251 e. The highest BCUT2D eigenvalue weighted by atomic mass is 16.4. The summed E-state index contributed by atoms with van der Waals surface area (Å²) in [6.45, 7) is 3.50. The number of amides is 1. The zero-order valence-corrected chi connectivity index (χ0v) is 13.4. The van der Waals surface area contributed by atoms with E-state index in [0.29, 0.717) is 11.3 Å². The van der Waals surface area contributed by atoms with Crippen LogP contribution in [0.5, 0.6) is 0 Å². The Hall–Kier alpha value is -2.27. The maximum absolute atomic E-state index is 12.2. The number of aliphatic hydroxyl groups is 1. The van der Waals surface area contributed by atoms with Gasteiger partial charge in [0.1, 0.15) is 17.1 Å². The highest BCUT2D eigenvalue weighted by Gasteiger charge is 2.27. The quantitative estimate of drug-likeness (QED) is 0.889. The number of rotatable bonds is 5. The van der Waals surface area contributed by atoms with Crippen LogP contribution in [0, 0.1) is 6.92 Å². The first-order valence-electron chi connectivity index (χ1n) is 7.14. The highest BCUT2D eigenvalue weighted by molar-refractivity contribution is 5.95. The molecular weight excluding hydrogens is 280 g/mol. The van der Waals surface area contributed by atoms with E-state index in [-0.39, 0.29) is 12.5 Å². The molecule has 0 aliphatic carbocycles. The molecule has 1 amide bonds. The molecule has 0 saturated heterocycles. The Bertz CT molecular complexity index is 659. The topological polar surface area (TPSA) is 65.7 Å². The van der Waals surface area contributed by atoms with Crippen molar-refractivity contribution in [1.82, 2.24) is 5.32 Å². The normalized spacial score (nSPS) is 13.5. The van der Waals surface area contributed by atoms with Crippen LogP contribution in [-0.2, 0) is 5.60 Å². The third-order valence-corrected chi connectivity index (χ3v) is 3.49. The van der Waals surface area contributed by atoms with E-state index in [4.69, 9.17) is 4.42 Å². The summed E-state index contributed by atoms with van der Waals surface area (Å²) in [5, 5.41) is 13.2. The third-order valence-electron chi connectivity index (χ3n) is 3.49. The maximum atomic E-state index is 12.2. The number of nitrogens with one attached hydrogen (secondary N) is 1. The van der Waals surface area contributed by atoms with Gasteiger partial charge in [0.25, 0.3) is 5.91 Å². The van der Waals surface area contributed by atoms with Gasteiger partial charge < -0.3 is 19.7 Å². The summed E-state index contributed by atoms with van der Waals surface area (Å²) in [7, 11) is 3.84. The van der Waals surface area contributed by atoms with Gasteiger partial charge in [-0.15, -0.1) is 0 Å². The molecule has 0 saturated carbocycles. The molecule has 0 bridgehead atoms. The lowest BCUT2D eigenvalue weighted by molar-refractivity contribution is 0.0323. The smallest absolute Gasteiger partial charge is 0.251 e. The third kappa shape index (κ3) is 3.68. The number of carbonyl (C=O) groups excluding carboxylic acids is 1. The number of carbonyl (C=O) groups is 1. The van der Waals surface area contributed by atoms with Crippen molar-refractivity contribution in [1.29, 1.82) is 0 Å². The number of hydrogen-bond acceptors (Lipinski definition) is 4. The van der Waals surface area contributed by atoms with Crippen LogP contribution in [-0.4, -0.2) is 31.7 Å². The lowest BCUT2D eigenvalue weighted by Gasteiger charge is -2.21. The van der Waals surface area contributed by atoms with E-state index in [1.807, 2.05) is 38.1 Å². The minimum atomic E-state index is -1.25. The molecule has 2 rings (SSSR count). The summed E-state index contributed by atoms with van der Waals surface area (Å²) < 4.78 is 5.43. The molecule has 1 atom stereocenters. The van der Waals surface area contributed by atoms with Gasteiger partial charge in [-0.25, -0.2) is 0 Å². The summed E-state index contributed by atoms with van der Waals surface area (Å²) >= 11 is 0. The fourth-order valence-electron chi connectivity index (χ4n) is 2.09. The van der Waals surface area contributed by atoms with Crippen LogP contribution < -0.4 is 10.2 Å². The monoisotopic (exact) mass is 302 g/mol. The minimum Gasteiger partial charge on any atom is -0.463 e. The fourth-order valence-corrected chi connectivity index (χ4v) is 2.09. The molecule has 1 aromatic carbocycles. The predicted octanol–water partition coefficient (Wildman–Crippen LogP) is 2.29. The Morgan fingerprint density at radius 1 is 1.32 bits per heavy atom. The van der Waals surface area contributed by atoms with E-state index >= 15 is 0 Å². The molecule has 5 heteroatoms. The van der Waals surface area contributed by atoms with Crippen LogP contribution in [0.4, 0.5) is 5.69 Å². The van der Waals surface area contributed by atoms with E-state index in [2.05, 4.69) is 5.32 Å². The standard InChI is InChI=1S/C17H22N2O3/c1-12-8-9-15(22-12)17(2,21)11-18-16(20)13-6-5-7-14(10-13)19(3)4/h5-10,21H,11H2,1-4H3,(H,18,20)/t17-/m1/s1. The zero-order valence-electron chi connectivity index (χ0n) is 13.4. The second kappa shape index (κ2) is 6.23. The lowest BCUT2D eigenvalue weighted by atomic mass is 10.0. The number of anilines is 1. The van der Waals surface area contributed by atoms with Gasteiger partial charge in [0, 0.05) is 25.3 Å². The minimum absolute atomic E-state index is 0.0744. The Balaban J connectivity index is 2.05. The van der Waals surface area contributed by atoms with Crippen LogP contribution in [0.2, 0.25) is 0 Å². The Morgan fingerprint density at radius 2 is 2.05 bits per heavy atom. The zero-order chi connectivity index (χ0) is 16.3. The van der Waals surface area contributed by atoms with Crippen molar-refractivity contribution < 1.29 is 14.3 Å². The van der Waals surface area contributed by atoms with Crippen LogP contribution in [0.3, 0.4) is 0 Å². The summed E-state index contributed by atoms with van der Waals surface area (Å²) in [5.41, 5.74) is 0.252. The molecule has 2 aromatic rings. The van der Waals surface area contributed by atoms with E-state index in [1.54, 1.807) is 31.2 Å². The number of aryl methyl sites for hydroxylation is 1. The molecule has 0 aliphatic rings. The first-order chi connectivity index (χ1) is 10.3. The first-order valence-corrected chi connectivity index (χ1v) is 7.14. The van der Waals surface area contributed by atoms with Crippen molar-refractivity contribution in [2.75, 3.05) is 25.5 Å². The molecule has 5 nitrogen and oxygen atoms in total. The number of benzene rings is 1. The summed E-state index contributed by atoms with van der Waals surface area (Å²) in [6.07, 6.45) is 0. The van der Waals surface area contributed by atoms with Crippen LogP contribution in [0.25, 0.3) is 0 Å². The van der Waals surface area contributed by atoms with Gasteiger partial charge in [0.15, 0.2) is 0 Å². The van der Waals surface area contributed by atoms with Crippen LogP contribution >= 0.6 is 0 Å². The van der Waals surface area contributed by atoms with Gasteiger partial charge in [-0.05, 0) is 44.2 Å². The fraction of sp³-hybridized carbons (Fsp3) is 0.353. The predicted molar refractivity (Wildman–Crippen MR) is 86.1 cm³/mol. The van der Waals surface area contributed by atoms with E-state index in [9.17, 15) is 9.90 Å². The number of furan rings is 1. The Morgan fingerprint density at radius 3 is 2.64 bits per heavy atom. The van der Waals surface area contributed by atoms with Gasteiger partial charge in [0.2, 0.25) is 0 Å². The van der Waals surface area contributed by atoms with Gasteiger partial charge in [0.05, 0.1) is 6.54 Å². The average molecular weight is 302 g/mol. The Labute approximate surface area is 130 Å². The molecule has 0 unspecified atom stereocenters. The van der Waals surface area contributed by atoms with Crippen LogP contribution in [0.15, 0.2) is 40.8 Å². The molecule has 1 aromatic heterocycles. The van der Waals surface area contributed by atoms with E-state index in [1.165, 1.54) is 0 Å². The van der Waals surface area contributed by atoms with Crippen molar-refractivity contribution in [2.24, 2.45) is 0 Å². The van der Waals surface area contributed by atoms with E-state index in [0.717, 1.165) is 11.4 Å². The molecule has 0 aliphatic heterocycles. The Kier molecular flexibility index (Phi) is 4.56. The van der Waals surface area contributed by atoms with Crippen molar-refractivity contribution in [3.63, 3.8) is 0 Å². The highest BCUT2D eigenvalue weighted by Crippen LogP contribution is 2.22. The van der Waals surface area contributed by atoms with Crippen molar-refractivity contribution >= 4 is 11.6 Å². The van der Waals surface area contributed by atoms with Gasteiger partial charge in [-0.2, -0.15) is 0 Å². The molecule has 118 valence electrons. The SMILES string of the molecule is Cc1ccc([C@](C)(O)CNC(=O)c2cccc(N(C)C)c2)o1. The lowest BCUT2D eigenvalue weighted by Crippen LogP contribution is -2.38. The molecule has 0 spiro atoms. The number of hydrogen-bond donors (Lipinski definition) is 2. The molecule has 2 N–H and O–H groups in total. The second-order valence-corrected chi connectivity index (χ2v) is 5.81. The summed E-state index contributed by atoms with van der Waals surface area (Å²) in [6, 6.07) is 10.8. The van der Waals surface area contributed by atoms with Gasteiger partial charge in [-0.1, -0.05) is 6.07 Å². The van der Waals surface area contributed by atoms with Crippen molar-refractivity contribution in [3.8, 4) is 0 Å². The summed E-state index contributed by atoms with van der Waals surface area (Å²) in [5.74, 6) is 0.930. The second-order valence-electron chi connectivity index (χ2n) is 5.81. The van der Waals surface area contributed by atoms with Crippen molar-refractivity contribution in [3.05, 3.63) is 53.5 Å². The van der Waals surface area contributed by atoms with E-state index < -0.39 is 5.60 Å². The van der Waals surface area contributed by atoms with Gasteiger partial charge in [-0.3, -0.25) is 4.79 Å². The van der Waals surface area contributed by atoms with Gasteiger partial charge >= 0.3 is 0 Å². The van der Waals surface area contributed by atoms with Crippen molar-refractivity contribution in [2.45, 2.75) is 19.4 Å². The molecule has 0 radical (unpaired) electrons. The molecule has 22 heavy (non-hydrogen) atoms. The number of nitrogens with zero attached hydrogens (tertiary/aromatic N) is 1. The molecular formula is C17H22N2O3. The average Bonchev–Trinajstić information content (AvgIpc) is 2.92. The first kappa shape index (κ1) is 16.1. The largest absolute Gasteiger partial charge is 0.463 e. The molecule has 1 heterocycles. The summed E-state index contributed by atoms with van der Waals surface area (Å²) in [4.78, 5) is 14.2.